The van der Waals surface area contributed by atoms with Crippen molar-refractivity contribution in [3.63, 3.8) is 0 Å². The van der Waals surface area contributed by atoms with Crippen LogP contribution in [0.15, 0.2) is 33.2 Å². The number of carboxylic acids is 1. The van der Waals surface area contributed by atoms with Crippen LogP contribution in [0, 0.1) is 0 Å². The number of fused-ring (bicyclic) bond motifs is 2. The number of halogens is 4. The molecule has 0 spiro atoms. The molecule has 13 nitrogen and oxygen atoms in total. The number of carbonyl (C=O) groups is 2. The standard InChI is InChI=1S/C9H7BrO4.C8H5BrO4.CH4O.CH4.I2.H2O4S/c1-12-9(11)5-2-7-8(3-6(5)10)14-4-13-7;9-5-2-7-6(12-3-13-7)1-4(5)8(10)11;1-2;;1-2;1-5(2,3)4/h2-3H,4H2,1H3;1-2H,3H2,(H,10,11);2H,1H3;1H4;;(H2,1,2,3,4). The number of esters is 1. The number of hydrogen-bond acceptors (Lipinski definition) is 10. The minimum Gasteiger partial charge on any atom is -0.478 e. The second-order valence-corrected chi connectivity index (χ2v) is 8.22. The van der Waals surface area contributed by atoms with E-state index in [0.717, 1.165) is 7.11 Å². The minimum atomic E-state index is -4.67. The van der Waals surface area contributed by atoms with E-state index in [4.69, 9.17) is 46.7 Å². The summed E-state index contributed by atoms with van der Waals surface area (Å²) in [6, 6.07) is 6.31. The molecular formula is C19H22Br2I2O13S. The molecule has 2 aliphatic heterocycles. The fourth-order valence-corrected chi connectivity index (χ4v) is 3.24. The normalized spacial score (nSPS) is 11.3. The molecule has 0 fully saturated rings. The van der Waals surface area contributed by atoms with Crippen molar-refractivity contribution >= 4 is 91.4 Å². The largest absolute Gasteiger partial charge is 0.478 e. The highest BCUT2D eigenvalue weighted by Gasteiger charge is 2.20. The zero-order chi connectivity index (χ0) is 28.1. The van der Waals surface area contributed by atoms with Gasteiger partial charge in [0.1, 0.15) is 0 Å². The van der Waals surface area contributed by atoms with Crippen LogP contribution in [0.4, 0.5) is 0 Å². The summed E-state index contributed by atoms with van der Waals surface area (Å²) in [7, 11) is -2.33. The van der Waals surface area contributed by atoms with Crippen molar-refractivity contribution in [3.05, 3.63) is 44.3 Å². The molecule has 0 atom stereocenters. The number of hydrogen-bond donors (Lipinski definition) is 4. The van der Waals surface area contributed by atoms with E-state index < -0.39 is 22.3 Å². The van der Waals surface area contributed by atoms with Gasteiger partial charge in [-0.1, -0.05) is 7.43 Å². The average molecular weight is 904 g/mol. The van der Waals surface area contributed by atoms with Gasteiger partial charge in [0.15, 0.2) is 23.0 Å². The van der Waals surface area contributed by atoms with Crippen molar-refractivity contribution in [1.82, 2.24) is 0 Å². The molecule has 0 bridgehead atoms. The van der Waals surface area contributed by atoms with Crippen LogP contribution < -0.4 is 18.9 Å². The summed E-state index contributed by atoms with van der Waals surface area (Å²) in [6.45, 7) is 0.331. The van der Waals surface area contributed by atoms with Gasteiger partial charge in [0, 0.05) is 53.3 Å². The highest BCUT2D eigenvalue weighted by molar-refractivity contribution is 15.0. The topological polar surface area (TPSA) is 195 Å². The molecule has 0 unspecified atom stereocenters. The molecule has 0 amide bonds. The highest BCUT2D eigenvalue weighted by atomic mass is 128. The van der Waals surface area contributed by atoms with Crippen molar-refractivity contribution in [1.29, 1.82) is 0 Å². The number of carbonyl (C=O) groups excluding carboxylic acids is 1. The molecule has 2 aromatic carbocycles. The van der Waals surface area contributed by atoms with Gasteiger partial charge in [-0.05, 0) is 56.1 Å². The molecule has 0 radical (unpaired) electrons. The van der Waals surface area contributed by atoms with Crippen LogP contribution >= 0.6 is 69.1 Å². The Morgan fingerprint density at radius 1 is 0.838 bits per heavy atom. The second kappa shape index (κ2) is 19.0. The molecular weight excluding hydrogens is 882 g/mol. The van der Waals surface area contributed by atoms with E-state index >= 15 is 0 Å². The number of benzene rings is 2. The van der Waals surface area contributed by atoms with Crippen LogP contribution in [0.25, 0.3) is 0 Å². The first-order chi connectivity index (χ1) is 16.9. The van der Waals surface area contributed by atoms with Gasteiger partial charge in [-0.25, -0.2) is 9.59 Å². The Kier molecular flexibility index (Phi) is 19.5. The molecule has 2 aromatic rings. The molecule has 0 aromatic heterocycles. The number of rotatable bonds is 2. The Hall–Kier alpha value is -1.17. The first-order valence-electron chi connectivity index (χ1n) is 8.69. The van der Waals surface area contributed by atoms with E-state index in [1.54, 1.807) is 18.2 Å². The number of aromatic carboxylic acids is 1. The van der Waals surface area contributed by atoms with Gasteiger partial charge in [0.2, 0.25) is 13.6 Å². The number of carboxylic acid groups (broad SMARTS) is 1. The van der Waals surface area contributed by atoms with E-state index in [0.29, 0.717) is 37.5 Å². The number of aliphatic hydroxyl groups is 1. The third kappa shape index (κ3) is 13.5. The van der Waals surface area contributed by atoms with Crippen LogP contribution in [-0.4, -0.2) is 67.5 Å². The average Bonchev–Trinajstić information content (AvgIpc) is 3.47. The Balaban J connectivity index is 0. The second-order valence-electron chi connectivity index (χ2n) is 5.62. The van der Waals surface area contributed by atoms with Crippen molar-refractivity contribution in [2.75, 3.05) is 27.8 Å². The molecule has 18 heteroatoms. The molecule has 2 aliphatic rings. The lowest BCUT2D eigenvalue weighted by molar-refractivity contribution is 0.0598. The van der Waals surface area contributed by atoms with E-state index in [1.165, 1.54) is 13.2 Å². The molecule has 2 heterocycles. The van der Waals surface area contributed by atoms with E-state index in [1.807, 2.05) is 0 Å². The summed E-state index contributed by atoms with van der Waals surface area (Å²) in [5, 5.41) is 15.8. The number of methoxy groups -OCH3 is 1. The van der Waals surface area contributed by atoms with Gasteiger partial charge in [-0.3, -0.25) is 9.11 Å². The van der Waals surface area contributed by atoms with Crippen molar-refractivity contribution in [2.24, 2.45) is 0 Å². The zero-order valence-electron chi connectivity index (χ0n) is 18.1. The van der Waals surface area contributed by atoms with Crippen LogP contribution in [0.2, 0.25) is 0 Å². The third-order valence-electron chi connectivity index (χ3n) is 3.56. The minimum absolute atomic E-state index is 0. The van der Waals surface area contributed by atoms with Crippen LogP contribution in [0.1, 0.15) is 28.1 Å². The maximum Gasteiger partial charge on any atom is 0.394 e. The Morgan fingerprint density at radius 2 is 1.14 bits per heavy atom. The molecule has 37 heavy (non-hydrogen) atoms. The van der Waals surface area contributed by atoms with Gasteiger partial charge in [0.25, 0.3) is 0 Å². The number of ether oxygens (including phenoxy) is 5. The lowest BCUT2D eigenvalue weighted by Gasteiger charge is -2.03. The maximum atomic E-state index is 11.3. The van der Waals surface area contributed by atoms with Crippen molar-refractivity contribution in [3.8, 4) is 23.0 Å². The van der Waals surface area contributed by atoms with Crippen LogP contribution in [0.5, 0.6) is 23.0 Å². The quantitative estimate of drug-likeness (QED) is 0.175. The van der Waals surface area contributed by atoms with Gasteiger partial charge in [0.05, 0.1) is 18.2 Å². The lowest BCUT2D eigenvalue weighted by Crippen LogP contribution is -2.02. The zero-order valence-corrected chi connectivity index (χ0v) is 26.4. The molecule has 0 saturated heterocycles. The van der Waals surface area contributed by atoms with E-state index in [9.17, 15) is 9.59 Å². The summed E-state index contributed by atoms with van der Waals surface area (Å²) < 4.78 is 57.7. The predicted octanol–water partition coefficient (Wildman–Crippen LogP) is 5.20. The van der Waals surface area contributed by atoms with Gasteiger partial charge in [-0.15, -0.1) is 0 Å². The fraction of sp³-hybridized carbons (Fsp3) is 0.263. The van der Waals surface area contributed by atoms with Crippen molar-refractivity contribution in [2.45, 2.75) is 7.43 Å². The lowest BCUT2D eigenvalue weighted by atomic mass is 10.2. The maximum absolute atomic E-state index is 11.3. The third-order valence-corrected chi connectivity index (χ3v) is 4.87. The van der Waals surface area contributed by atoms with Crippen LogP contribution in [0.3, 0.4) is 0 Å². The summed E-state index contributed by atoms with van der Waals surface area (Å²) in [5.74, 6) is 0.830. The van der Waals surface area contributed by atoms with Gasteiger partial charge < -0.3 is 33.9 Å². The Bertz CT molecular complexity index is 1140. The van der Waals surface area contributed by atoms with E-state index in [2.05, 4.69) is 73.8 Å². The first kappa shape index (κ1) is 38.0. The van der Waals surface area contributed by atoms with E-state index in [-0.39, 0.29) is 26.6 Å². The smallest absolute Gasteiger partial charge is 0.394 e. The van der Waals surface area contributed by atoms with Gasteiger partial charge in [-0.2, -0.15) is 8.42 Å². The molecule has 0 aliphatic carbocycles. The summed E-state index contributed by atoms with van der Waals surface area (Å²) in [6.07, 6.45) is 0. The Morgan fingerprint density at radius 3 is 1.46 bits per heavy atom. The number of aliphatic hydroxyl groups excluding tert-OH is 1. The summed E-state index contributed by atoms with van der Waals surface area (Å²) >= 11 is 10.6. The van der Waals surface area contributed by atoms with Crippen LogP contribution in [-0.2, 0) is 15.1 Å². The van der Waals surface area contributed by atoms with Crippen molar-refractivity contribution < 1.29 is 61.0 Å². The summed E-state index contributed by atoms with van der Waals surface area (Å²) in [4.78, 5) is 22.0. The molecule has 0 saturated carbocycles. The monoisotopic (exact) mass is 902 g/mol. The Labute approximate surface area is 252 Å². The molecule has 4 rings (SSSR count). The summed E-state index contributed by atoms with van der Waals surface area (Å²) in [5.41, 5.74) is 0.598. The molecule has 210 valence electrons. The SMILES string of the molecule is C.CO.COC(=O)c1cc2c(cc1Br)OCO2.II.O=C(O)c1cc2c(cc1Br)OCO2.O=S(=O)(O)O. The highest BCUT2D eigenvalue weighted by Crippen LogP contribution is 2.37. The predicted molar refractivity (Wildman–Crippen MR) is 156 cm³/mol. The fourth-order valence-electron chi connectivity index (χ4n) is 2.26. The molecule has 4 N–H and O–H groups in total. The first-order valence-corrected chi connectivity index (χ1v) is 18.0. The van der Waals surface area contributed by atoms with Gasteiger partial charge >= 0.3 is 22.3 Å².